The molecule has 1 fully saturated rings. The molecule has 0 unspecified atom stereocenters. The molecule has 108 valence electrons. The minimum Gasteiger partial charge on any atom is -0.363 e. The van der Waals surface area contributed by atoms with Crippen molar-refractivity contribution in [2.45, 2.75) is 38.6 Å². The van der Waals surface area contributed by atoms with E-state index >= 15 is 0 Å². The second-order valence-corrected chi connectivity index (χ2v) is 4.94. The molecule has 0 aromatic heterocycles. The standard InChI is InChI=1S/C13H17N3O4/c1-2-10-5-3-4-8-14(10)12-7-6-11(15(17)18)9-13(12)16(19)20/h6-7,9-10H,2-5,8H2,1H3/t10-/m0/s1. The van der Waals surface area contributed by atoms with E-state index in [1.807, 2.05) is 4.90 Å². The Morgan fingerprint density at radius 3 is 2.60 bits per heavy atom. The van der Waals surface area contributed by atoms with E-state index in [0.717, 1.165) is 38.3 Å². The predicted octanol–water partition coefficient (Wildman–Crippen LogP) is 3.27. The van der Waals surface area contributed by atoms with Crippen LogP contribution in [0.1, 0.15) is 32.6 Å². The summed E-state index contributed by atoms with van der Waals surface area (Å²) in [4.78, 5) is 22.8. The molecule has 1 aliphatic heterocycles. The molecule has 0 N–H and O–H groups in total. The fourth-order valence-electron chi connectivity index (χ4n) is 2.76. The van der Waals surface area contributed by atoms with Crippen molar-refractivity contribution in [2.24, 2.45) is 0 Å². The summed E-state index contributed by atoms with van der Waals surface area (Å²) < 4.78 is 0. The summed E-state index contributed by atoms with van der Waals surface area (Å²) in [6.07, 6.45) is 4.03. The van der Waals surface area contributed by atoms with E-state index in [1.165, 1.54) is 12.1 Å². The van der Waals surface area contributed by atoms with Crippen LogP contribution in [0.2, 0.25) is 0 Å². The van der Waals surface area contributed by atoms with Gasteiger partial charge in [0.25, 0.3) is 11.4 Å². The molecule has 0 spiro atoms. The van der Waals surface area contributed by atoms with Crippen LogP contribution >= 0.6 is 0 Å². The Morgan fingerprint density at radius 1 is 1.25 bits per heavy atom. The van der Waals surface area contributed by atoms with Crippen molar-refractivity contribution >= 4 is 17.1 Å². The highest BCUT2D eigenvalue weighted by Crippen LogP contribution is 2.36. The maximum atomic E-state index is 11.2. The van der Waals surface area contributed by atoms with E-state index in [2.05, 4.69) is 6.92 Å². The van der Waals surface area contributed by atoms with Gasteiger partial charge in [-0.3, -0.25) is 20.2 Å². The molecular formula is C13H17N3O4. The maximum Gasteiger partial charge on any atom is 0.299 e. The van der Waals surface area contributed by atoms with Gasteiger partial charge in [0.2, 0.25) is 0 Å². The van der Waals surface area contributed by atoms with Crippen molar-refractivity contribution in [3.05, 3.63) is 38.4 Å². The number of nitro groups is 2. The lowest BCUT2D eigenvalue weighted by atomic mass is 9.99. The first kappa shape index (κ1) is 14.2. The average molecular weight is 279 g/mol. The van der Waals surface area contributed by atoms with Crippen LogP contribution in [-0.2, 0) is 0 Å². The number of hydrogen-bond donors (Lipinski definition) is 0. The lowest BCUT2D eigenvalue weighted by Crippen LogP contribution is -2.39. The van der Waals surface area contributed by atoms with Gasteiger partial charge < -0.3 is 4.90 Å². The van der Waals surface area contributed by atoms with Crippen LogP contribution in [0.3, 0.4) is 0 Å². The highest BCUT2D eigenvalue weighted by atomic mass is 16.6. The average Bonchev–Trinajstić information content (AvgIpc) is 2.46. The molecule has 1 aromatic carbocycles. The van der Waals surface area contributed by atoms with Gasteiger partial charge in [0.05, 0.1) is 15.9 Å². The van der Waals surface area contributed by atoms with E-state index in [0.29, 0.717) is 5.69 Å². The minimum absolute atomic E-state index is 0.181. The third kappa shape index (κ3) is 2.71. The van der Waals surface area contributed by atoms with E-state index in [4.69, 9.17) is 0 Å². The first-order valence-electron chi connectivity index (χ1n) is 6.74. The van der Waals surface area contributed by atoms with Gasteiger partial charge in [0.1, 0.15) is 5.69 Å². The topological polar surface area (TPSA) is 89.5 Å². The van der Waals surface area contributed by atoms with E-state index < -0.39 is 9.85 Å². The van der Waals surface area contributed by atoms with Crippen LogP contribution in [0, 0.1) is 20.2 Å². The minimum atomic E-state index is -0.607. The van der Waals surface area contributed by atoms with Crippen LogP contribution in [0.15, 0.2) is 18.2 Å². The Kier molecular flexibility index (Phi) is 4.16. The van der Waals surface area contributed by atoms with Crippen LogP contribution in [0.5, 0.6) is 0 Å². The number of benzene rings is 1. The normalized spacial score (nSPS) is 18.9. The van der Waals surface area contributed by atoms with Gasteiger partial charge in [-0.25, -0.2) is 0 Å². The Morgan fingerprint density at radius 2 is 2.00 bits per heavy atom. The highest BCUT2D eigenvalue weighted by Gasteiger charge is 2.28. The summed E-state index contributed by atoms with van der Waals surface area (Å²) >= 11 is 0. The number of anilines is 1. The Hall–Kier alpha value is -2.18. The third-order valence-corrected chi connectivity index (χ3v) is 3.77. The number of non-ortho nitro benzene ring substituents is 1. The second-order valence-electron chi connectivity index (χ2n) is 4.94. The summed E-state index contributed by atoms with van der Waals surface area (Å²) in [6.45, 7) is 2.82. The molecule has 7 heteroatoms. The number of hydrogen-bond acceptors (Lipinski definition) is 5. The number of nitro benzene ring substituents is 2. The van der Waals surface area contributed by atoms with E-state index in [-0.39, 0.29) is 17.4 Å². The monoisotopic (exact) mass is 279 g/mol. The first-order chi connectivity index (χ1) is 9.54. The van der Waals surface area contributed by atoms with Gasteiger partial charge in [-0.2, -0.15) is 0 Å². The summed E-state index contributed by atoms with van der Waals surface area (Å²) in [5, 5.41) is 21.9. The zero-order valence-electron chi connectivity index (χ0n) is 11.3. The van der Waals surface area contributed by atoms with Crippen molar-refractivity contribution in [2.75, 3.05) is 11.4 Å². The zero-order valence-corrected chi connectivity index (χ0v) is 11.3. The molecule has 20 heavy (non-hydrogen) atoms. The second kappa shape index (κ2) is 5.85. The van der Waals surface area contributed by atoms with Crippen molar-refractivity contribution in [1.29, 1.82) is 0 Å². The van der Waals surface area contributed by atoms with Gasteiger partial charge in [-0.15, -0.1) is 0 Å². The summed E-state index contributed by atoms with van der Waals surface area (Å²) in [7, 11) is 0. The molecule has 1 aliphatic rings. The Labute approximate surface area is 116 Å². The summed E-state index contributed by atoms with van der Waals surface area (Å²) in [6, 6.07) is 4.16. The smallest absolute Gasteiger partial charge is 0.299 e. The molecule has 0 bridgehead atoms. The first-order valence-corrected chi connectivity index (χ1v) is 6.74. The van der Waals surface area contributed by atoms with Gasteiger partial charge in [-0.05, 0) is 31.7 Å². The zero-order chi connectivity index (χ0) is 14.7. The Balaban J connectivity index is 2.44. The van der Waals surface area contributed by atoms with Crippen LogP contribution in [-0.4, -0.2) is 22.4 Å². The van der Waals surface area contributed by atoms with Crippen molar-refractivity contribution in [3.8, 4) is 0 Å². The molecular weight excluding hydrogens is 262 g/mol. The van der Waals surface area contributed by atoms with Gasteiger partial charge in [-0.1, -0.05) is 6.92 Å². The third-order valence-electron chi connectivity index (χ3n) is 3.77. The molecule has 0 aliphatic carbocycles. The SMILES string of the molecule is CC[C@H]1CCCCN1c1ccc([N+](=O)[O-])cc1[N+](=O)[O-]. The molecule has 0 radical (unpaired) electrons. The van der Waals surface area contributed by atoms with Gasteiger partial charge in [0, 0.05) is 18.7 Å². The predicted molar refractivity (Wildman–Crippen MR) is 75.0 cm³/mol. The lowest BCUT2D eigenvalue weighted by molar-refractivity contribution is -0.393. The molecule has 2 rings (SSSR count). The maximum absolute atomic E-state index is 11.2. The van der Waals surface area contributed by atoms with Gasteiger partial charge in [0.15, 0.2) is 0 Å². The van der Waals surface area contributed by atoms with Gasteiger partial charge >= 0.3 is 0 Å². The molecule has 1 aromatic rings. The number of nitrogens with zero attached hydrogens (tertiary/aromatic N) is 3. The molecule has 7 nitrogen and oxygen atoms in total. The lowest BCUT2D eigenvalue weighted by Gasteiger charge is -2.36. The number of rotatable bonds is 4. The summed E-state index contributed by atoms with van der Waals surface area (Å²) in [5.41, 5.74) is 0.0669. The molecule has 1 saturated heterocycles. The fourth-order valence-corrected chi connectivity index (χ4v) is 2.76. The van der Waals surface area contributed by atoms with Crippen molar-refractivity contribution in [1.82, 2.24) is 0 Å². The molecule has 1 atom stereocenters. The van der Waals surface area contributed by atoms with Crippen LogP contribution < -0.4 is 4.90 Å². The molecule has 0 saturated carbocycles. The fraction of sp³-hybridized carbons (Fsp3) is 0.538. The van der Waals surface area contributed by atoms with Crippen molar-refractivity contribution < 1.29 is 9.85 Å². The highest BCUT2D eigenvalue weighted by molar-refractivity contribution is 5.67. The molecule has 1 heterocycles. The quantitative estimate of drug-likeness (QED) is 0.623. The largest absolute Gasteiger partial charge is 0.363 e. The van der Waals surface area contributed by atoms with Crippen molar-refractivity contribution in [3.63, 3.8) is 0 Å². The molecule has 0 amide bonds. The Bertz CT molecular complexity index is 532. The van der Waals surface area contributed by atoms with Crippen LogP contribution in [0.4, 0.5) is 17.1 Å². The van der Waals surface area contributed by atoms with Crippen LogP contribution in [0.25, 0.3) is 0 Å². The number of piperidine rings is 1. The summed E-state index contributed by atoms with van der Waals surface area (Å²) in [5.74, 6) is 0. The van der Waals surface area contributed by atoms with E-state index in [9.17, 15) is 20.2 Å². The van der Waals surface area contributed by atoms with E-state index in [1.54, 1.807) is 0 Å².